The molecule has 0 aliphatic heterocycles. The first-order valence-electron chi connectivity index (χ1n) is 13.0. The van der Waals surface area contributed by atoms with E-state index in [2.05, 4.69) is 24.1 Å². The Morgan fingerprint density at radius 1 is 1.11 bits per heavy atom. The lowest BCUT2D eigenvalue weighted by Gasteiger charge is -2.36. The first kappa shape index (κ1) is 31.2. The fraction of sp³-hybridized carbons (Fsp3) is 0.621. The van der Waals surface area contributed by atoms with Crippen molar-refractivity contribution in [2.45, 2.75) is 105 Å². The second kappa shape index (κ2) is 14.0. The van der Waals surface area contributed by atoms with Gasteiger partial charge < -0.3 is 20.3 Å². The normalized spacial score (nSPS) is 14.7. The molecule has 1 aromatic carbocycles. The van der Waals surface area contributed by atoms with E-state index in [1.54, 1.807) is 26.8 Å². The van der Waals surface area contributed by atoms with Gasteiger partial charge in [0.25, 0.3) is 0 Å². The topological polar surface area (TPSA) is 87.7 Å². The van der Waals surface area contributed by atoms with Gasteiger partial charge >= 0.3 is 6.09 Å². The molecular formula is C29H47N3O4. The maximum Gasteiger partial charge on any atom is 0.408 e. The Morgan fingerprint density at radius 2 is 1.75 bits per heavy atom. The number of alkyl carbamates (subject to hydrolysis) is 1. The van der Waals surface area contributed by atoms with Crippen LogP contribution in [0.5, 0.6) is 0 Å². The molecule has 202 valence electrons. The highest BCUT2D eigenvalue weighted by Gasteiger charge is 2.38. The van der Waals surface area contributed by atoms with Crippen LogP contribution < -0.4 is 10.6 Å². The maximum atomic E-state index is 14.1. The highest BCUT2D eigenvalue weighted by molar-refractivity contribution is 5.92. The number of carbonyl (C=O) groups excluding carboxylic acids is 3. The molecular weight excluding hydrogens is 454 g/mol. The molecule has 1 rings (SSSR count). The number of hydrogen-bond donors (Lipinski definition) is 2. The van der Waals surface area contributed by atoms with Crippen LogP contribution in [0.15, 0.2) is 30.9 Å². The summed E-state index contributed by atoms with van der Waals surface area (Å²) < 4.78 is 5.44. The summed E-state index contributed by atoms with van der Waals surface area (Å²) in [4.78, 5) is 42.0. The molecule has 0 heterocycles. The molecule has 0 bridgehead atoms. The van der Waals surface area contributed by atoms with Gasteiger partial charge in [0.05, 0.1) is 0 Å². The molecule has 2 N–H and O–H groups in total. The van der Waals surface area contributed by atoms with Gasteiger partial charge in [0.1, 0.15) is 17.7 Å². The third-order valence-corrected chi connectivity index (χ3v) is 6.37. The van der Waals surface area contributed by atoms with Gasteiger partial charge in [0.2, 0.25) is 11.8 Å². The zero-order chi connectivity index (χ0) is 27.6. The molecule has 0 spiro atoms. The van der Waals surface area contributed by atoms with Crippen LogP contribution in [0, 0.1) is 19.8 Å². The van der Waals surface area contributed by atoms with E-state index in [0.29, 0.717) is 6.42 Å². The van der Waals surface area contributed by atoms with Crippen LogP contribution in [0.2, 0.25) is 0 Å². The number of carbonyl (C=O) groups is 3. The van der Waals surface area contributed by atoms with E-state index in [1.165, 1.54) is 4.90 Å². The van der Waals surface area contributed by atoms with Gasteiger partial charge in [-0.15, -0.1) is 6.58 Å². The number of rotatable bonds is 12. The minimum Gasteiger partial charge on any atom is -0.444 e. The first-order chi connectivity index (χ1) is 16.8. The fourth-order valence-corrected chi connectivity index (χ4v) is 4.11. The molecule has 7 heteroatoms. The van der Waals surface area contributed by atoms with Gasteiger partial charge in [-0.3, -0.25) is 9.59 Å². The van der Waals surface area contributed by atoms with E-state index in [9.17, 15) is 14.4 Å². The summed E-state index contributed by atoms with van der Waals surface area (Å²) in [6.45, 7) is 21.2. The number of aryl methyl sites for hydroxylation is 1. The molecule has 4 atom stereocenters. The van der Waals surface area contributed by atoms with Gasteiger partial charge in [0.15, 0.2) is 0 Å². The van der Waals surface area contributed by atoms with Crippen molar-refractivity contribution in [3.8, 4) is 0 Å². The molecule has 4 unspecified atom stereocenters. The SMILES string of the molecule is C=CCN(C(=O)C(NC(=O)OC(C)(C)C)C(C)CC)C(C(=O)NC(C)CCC)c1cccc(C)c1C. The standard InChI is InChI=1S/C29H47N3O4/c1-11-15-21(6)30-26(33)25(23-17-14-16-20(5)22(23)7)32(18-12-2)27(34)24(19(4)13-3)31-28(35)36-29(8,9)10/h12,14,16-17,19,21,24-25H,2,11,13,15,18H2,1,3-10H3,(H,30,33)(H,31,35). The molecule has 3 amide bonds. The molecule has 0 radical (unpaired) electrons. The molecule has 0 aliphatic rings. The predicted molar refractivity (Wildman–Crippen MR) is 146 cm³/mol. The zero-order valence-electron chi connectivity index (χ0n) is 23.7. The van der Waals surface area contributed by atoms with E-state index < -0.39 is 23.8 Å². The molecule has 1 aromatic rings. The third kappa shape index (κ3) is 8.99. The Kier molecular flexibility index (Phi) is 12.2. The van der Waals surface area contributed by atoms with E-state index in [-0.39, 0.29) is 30.3 Å². The van der Waals surface area contributed by atoms with E-state index in [4.69, 9.17) is 4.74 Å². The lowest BCUT2D eigenvalue weighted by atomic mass is 9.92. The summed E-state index contributed by atoms with van der Waals surface area (Å²) in [6, 6.07) is 4.00. The number of benzene rings is 1. The third-order valence-electron chi connectivity index (χ3n) is 6.37. The van der Waals surface area contributed by atoms with Crippen LogP contribution in [0.1, 0.15) is 90.5 Å². The minimum atomic E-state index is -0.873. The Balaban J connectivity index is 3.56. The Hall–Kier alpha value is -2.83. The monoisotopic (exact) mass is 501 g/mol. The van der Waals surface area contributed by atoms with Crippen LogP contribution >= 0.6 is 0 Å². The number of nitrogens with one attached hydrogen (secondary N) is 2. The number of nitrogens with zero attached hydrogens (tertiary/aromatic N) is 1. The molecule has 7 nitrogen and oxygen atoms in total. The average molecular weight is 502 g/mol. The van der Waals surface area contributed by atoms with Crippen LogP contribution in [0.25, 0.3) is 0 Å². The van der Waals surface area contributed by atoms with Crippen molar-refractivity contribution in [2.24, 2.45) is 5.92 Å². The van der Waals surface area contributed by atoms with E-state index >= 15 is 0 Å². The summed E-state index contributed by atoms with van der Waals surface area (Å²) in [5.41, 5.74) is 2.03. The van der Waals surface area contributed by atoms with Crippen molar-refractivity contribution in [3.05, 3.63) is 47.5 Å². The van der Waals surface area contributed by atoms with Crippen molar-refractivity contribution >= 4 is 17.9 Å². The van der Waals surface area contributed by atoms with Gasteiger partial charge in [-0.05, 0) is 70.6 Å². The van der Waals surface area contributed by atoms with Crippen LogP contribution in [0.4, 0.5) is 4.79 Å². The Labute approximate surface area is 218 Å². The quantitative estimate of drug-likeness (QED) is 0.365. The number of amides is 3. The van der Waals surface area contributed by atoms with Crippen LogP contribution in [0.3, 0.4) is 0 Å². The van der Waals surface area contributed by atoms with Crippen LogP contribution in [-0.2, 0) is 14.3 Å². The highest BCUT2D eigenvalue weighted by atomic mass is 16.6. The Bertz CT molecular complexity index is 906. The smallest absolute Gasteiger partial charge is 0.408 e. The molecule has 0 saturated carbocycles. The molecule has 36 heavy (non-hydrogen) atoms. The number of ether oxygens (including phenoxy) is 1. The van der Waals surface area contributed by atoms with Gasteiger partial charge in [-0.2, -0.15) is 0 Å². The lowest BCUT2D eigenvalue weighted by molar-refractivity contribution is -0.143. The summed E-state index contributed by atoms with van der Waals surface area (Å²) in [6.07, 6.45) is 3.36. The average Bonchev–Trinajstić information content (AvgIpc) is 2.77. The molecule has 0 aliphatic carbocycles. The lowest BCUT2D eigenvalue weighted by Crippen LogP contribution is -2.55. The maximum absolute atomic E-state index is 14.1. The summed E-state index contributed by atoms with van der Waals surface area (Å²) in [5.74, 6) is -0.780. The summed E-state index contributed by atoms with van der Waals surface area (Å²) >= 11 is 0. The van der Waals surface area contributed by atoms with Gasteiger partial charge in [-0.25, -0.2) is 4.79 Å². The minimum absolute atomic E-state index is 0.0407. The Morgan fingerprint density at radius 3 is 2.28 bits per heavy atom. The first-order valence-corrected chi connectivity index (χ1v) is 13.0. The second-order valence-corrected chi connectivity index (χ2v) is 10.7. The van der Waals surface area contributed by atoms with Crippen molar-refractivity contribution in [1.29, 1.82) is 0 Å². The fourth-order valence-electron chi connectivity index (χ4n) is 4.11. The van der Waals surface area contributed by atoms with Gasteiger partial charge in [-0.1, -0.05) is 57.9 Å². The second-order valence-electron chi connectivity index (χ2n) is 10.7. The predicted octanol–water partition coefficient (Wildman–Crippen LogP) is 5.60. The highest BCUT2D eigenvalue weighted by Crippen LogP contribution is 2.28. The molecule has 0 fully saturated rings. The van der Waals surface area contributed by atoms with E-state index in [1.807, 2.05) is 52.8 Å². The van der Waals surface area contributed by atoms with Crippen LogP contribution in [-0.4, -0.2) is 47.0 Å². The zero-order valence-corrected chi connectivity index (χ0v) is 23.7. The van der Waals surface area contributed by atoms with Crippen molar-refractivity contribution in [3.63, 3.8) is 0 Å². The summed E-state index contributed by atoms with van der Waals surface area (Å²) in [5, 5.41) is 5.87. The van der Waals surface area contributed by atoms with E-state index in [0.717, 1.165) is 29.5 Å². The number of hydrogen-bond acceptors (Lipinski definition) is 4. The summed E-state index contributed by atoms with van der Waals surface area (Å²) in [7, 11) is 0. The molecule has 0 saturated heterocycles. The van der Waals surface area contributed by atoms with Crippen molar-refractivity contribution < 1.29 is 19.1 Å². The van der Waals surface area contributed by atoms with Crippen molar-refractivity contribution in [1.82, 2.24) is 15.5 Å². The largest absolute Gasteiger partial charge is 0.444 e. The van der Waals surface area contributed by atoms with Gasteiger partial charge in [0, 0.05) is 12.6 Å². The van der Waals surface area contributed by atoms with Crippen molar-refractivity contribution in [2.75, 3.05) is 6.54 Å². The molecule has 0 aromatic heterocycles.